The molecule has 1 aromatic heterocycles. The summed E-state index contributed by atoms with van der Waals surface area (Å²) in [6.45, 7) is 1.91. The van der Waals surface area contributed by atoms with Crippen molar-refractivity contribution in [2.24, 2.45) is 0 Å². The SMILES string of the molecule is Cc1nnnn1C(Cc1cccc(F)c1)C(=O)NCC1(O)CCCC1. The number of aliphatic hydroxyl groups is 1. The summed E-state index contributed by atoms with van der Waals surface area (Å²) in [5.74, 6) is -0.151. The minimum atomic E-state index is -0.839. The summed E-state index contributed by atoms with van der Waals surface area (Å²) in [6.07, 6.45) is 3.56. The van der Waals surface area contributed by atoms with Gasteiger partial charge in [0.15, 0.2) is 0 Å². The van der Waals surface area contributed by atoms with Gasteiger partial charge in [-0.25, -0.2) is 9.07 Å². The highest BCUT2D eigenvalue weighted by Gasteiger charge is 2.33. The third-order valence-electron chi connectivity index (χ3n) is 4.70. The first-order chi connectivity index (χ1) is 12.0. The zero-order chi connectivity index (χ0) is 17.9. The van der Waals surface area contributed by atoms with Gasteiger partial charge in [0.1, 0.15) is 17.7 Å². The number of carbonyl (C=O) groups is 1. The molecule has 0 radical (unpaired) electrons. The van der Waals surface area contributed by atoms with Crippen LogP contribution in [-0.4, -0.2) is 43.4 Å². The van der Waals surface area contributed by atoms with E-state index in [1.165, 1.54) is 16.8 Å². The van der Waals surface area contributed by atoms with Gasteiger partial charge in [0, 0.05) is 13.0 Å². The smallest absolute Gasteiger partial charge is 0.245 e. The maximum atomic E-state index is 13.5. The molecule has 1 fully saturated rings. The molecule has 1 saturated carbocycles. The molecule has 0 bridgehead atoms. The fourth-order valence-electron chi connectivity index (χ4n) is 3.28. The second-order valence-corrected chi connectivity index (χ2v) is 6.67. The lowest BCUT2D eigenvalue weighted by Crippen LogP contribution is -2.44. The first kappa shape index (κ1) is 17.5. The van der Waals surface area contributed by atoms with E-state index in [1.54, 1.807) is 19.1 Å². The summed E-state index contributed by atoms with van der Waals surface area (Å²) in [5.41, 5.74) is -0.163. The van der Waals surface area contributed by atoms with Crippen LogP contribution in [0, 0.1) is 12.7 Å². The van der Waals surface area contributed by atoms with Gasteiger partial charge in [-0.05, 0) is 47.9 Å². The van der Waals surface area contributed by atoms with Gasteiger partial charge in [0.25, 0.3) is 0 Å². The predicted octanol–water partition coefficient (Wildman–Crippen LogP) is 1.33. The first-order valence-corrected chi connectivity index (χ1v) is 8.46. The summed E-state index contributed by atoms with van der Waals surface area (Å²) in [7, 11) is 0. The molecule has 3 rings (SSSR count). The second kappa shape index (κ2) is 7.26. The maximum absolute atomic E-state index is 13.5. The summed E-state index contributed by atoms with van der Waals surface area (Å²) >= 11 is 0. The molecular weight excluding hydrogens is 325 g/mol. The fourth-order valence-corrected chi connectivity index (χ4v) is 3.28. The zero-order valence-electron chi connectivity index (χ0n) is 14.2. The van der Waals surface area contributed by atoms with Crippen molar-refractivity contribution in [3.8, 4) is 0 Å². The van der Waals surface area contributed by atoms with Crippen LogP contribution in [0.25, 0.3) is 0 Å². The lowest BCUT2D eigenvalue weighted by molar-refractivity contribution is -0.126. The molecule has 2 aromatic rings. The first-order valence-electron chi connectivity index (χ1n) is 8.46. The Bertz CT molecular complexity index is 742. The third-order valence-corrected chi connectivity index (χ3v) is 4.70. The van der Waals surface area contributed by atoms with Gasteiger partial charge in [-0.15, -0.1) is 5.10 Å². The van der Waals surface area contributed by atoms with Crippen molar-refractivity contribution in [2.45, 2.75) is 50.7 Å². The van der Waals surface area contributed by atoms with E-state index in [4.69, 9.17) is 0 Å². The fraction of sp³-hybridized carbons (Fsp3) is 0.529. The Morgan fingerprint density at radius 3 is 2.84 bits per heavy atom. The maximum Gasteiger partial charge on any atom is 0.245 e. The van der Waals surface area contributed by atoms with Crippen LogP contribution in [0.4, 0.5) is 4.39 Å². The number of benzene rings is 1. The number of halogens is 1. The summed E-state index contributed by atoms with van der Waals surface area (Å²) < 4.78 is 14.9. The standard InChI is InChI=1S/C17H22FN5O2/c1-12-20-21-22-23(12)15(10-13-5-4-6-14(18)9-13)16(24)19-11-17(25)7-2-3-8-17/h4-6,9,15,25H,2-3,7-8,10-11H2,1H3,(H,19,24). The molecule has 2 N–H and O–H groups in total. The van der Waals surface area contributed by atoms with E-state index in [-0.39, 0.29) is 24.7 Å². The van der Waals surface area contributed by atoms with Crippen LogP contribution in [0.2, 0.25) is 0 Å². The molecule has 134 valence electrons. The molecule has 25 heavy (non-hydrogen) atoms. The van der Waals surface area contributed by atoms with Gasteiger partial charge in [0.05, 0.1) is 5.60 Å². The molecule has 1 unspecified atom stereocenters. The van der Waals surface area contributed by atoms with Gasteiger partial charge in [0.2, 0.25) is 5.91 Å². The summed E-state index contributed by atoms with van der Waals surface area (Å²) in [5, 5.41) is 24.6. The van der Waals surface area contributed by atoms with Crippen molar-refractivity contribution in [3.63, 3.8) is 0 Å². The van der Waals surface area contributed by atoms with E-state index in [0.717, 1.165) is 12.8 Å². The molecule has 1 heterocycles. The van der Waals surface area contributed by atoms with E-state index >= 15 is 0 Å². The molecule has 1 aliphatic rings. The lowest BCUT2D eigenvalue weighted by Gasteiger charge is -2.24. The average molecular weight is 347 g/mol. The van der Waals surface area contributed by atoms with Crippen molar-refractivity contribution >= 4 is 5.91 Å². The highest BCUT2D eigenvalue weighted by atomic mass is 19.1. The van der Waals surface area contributed by atoms with Crippen molar-refractivity contribution in [3.05, 3.63) is 41.5 Å². The Labute approximate surface area is 145 Å². The third kappa shape index (κ3) is 4.19. The molecule has 0 aliphatic heterocycles. The van der Waals surface area contributed by atoms with Crippen LogP contribution < -0.4 is 5.32 Å². The minimum Gasteiger partial charge on any atom is -0.388 e. The molecule has 0 saturated heterocycles. The van der Waals surface area contributed by atoms with Crippen LogP contribution >= 0.6 is 0 Å². The van der Waals surface area contributed by atoms with Crippen molar-refractivity contribution in [1.29, 1.82) is 0 Å². The van der Waals surface area contributed by atoms with E-state index < -0.39 is 11.6 Å². The Balaban J connectivity index is 1.76. The molecular formula is C17H22FN5O2. The Hall–Kier alpha value is -2.35. The van der Waals surface area contributed by atoms with Crippen LogP contribution in [0.5, 0.6) is 0 Å². The van der Waals surface area contributed by atoms with Gasteiger partial charge in [-0.3, -0.25) is 4.79 Å². The lowest BCUT2D eigenvalue weighted by atomic mass is 10.0. The number of tetrazole rings is 1. The number of rotatable bonds is 6. The highest BCUT2D eigenvalue weighted by Crippen LogP contribution is 2.28. The zero-order valence-corrected chi connectivity index (χ0v) is 14.2. The van der Waals surface area contributed by atoms with Gasteiger partial charge >= 0.3 is 0 Å². The predicted molar refractivity (Wildman–Crippen MR) is 88.1 cm³/mol. The van der Waals surface area contributed by atoms with Crippen LogP contribution in [0.3, 0.4) is 0 Å². The number of hydrogen-bond acceptors (Lipinski definition) is 5. The number of amides is 1. The largest absolute Gasteiger partial charge is 0.388 e. The van der Waals surface area contributed by atoms with Gasteiger partial charge in [-0.2, -0.15) is 0 Å². The molecule has 1 amide bonds. The number of hydrogen-bond donors (Lipinski definition) is 2. The Morgan fingerprint density at radius 1 is 1.44 bits per heavy atom. The molecule has 1 aromatic carbocycles. The van der Waals surface area contributed by atoms with Crippen LogP contribution in [-0.2, 0) is 11.2 Å². The molecule has 7 nitrogen and oxygen atoms in total. The highest BCUT2D eigenvalue weighted by molar-refractivity contribution is 5.80. The number of nitrogens with one attached hydrogen (secondary N) is 1. The van der Waals surface area contributed by atoms with Crippen LogP contribution in [0.1, 0.15) is 43.1 Å². The van der Waals surface area contributed by atoms with Crippen molar-refractivity contribution in [1.82, 2.24) is 25.5 Å². The monoisotopic (exact) mass is 347 g/mol. The molecule has 1 atom stereocenters. The Morgan fingerprint density at radius 2 is 2.20 bits per heavy atom. The molecule has 0 spiro atoms. The second-order valence-electron chi connectivity index (χ2n) is 6.67. The van der Waals surface area contributed by atoms with E-state index in [1.807, 2.05) is 0 Å². The molecule has 8 heteroatoms. The minimum absolute atomic E-state index is 0.201. The topological polar surface area (TPSA) is 92.9 Å². The van der Waals surface area contributed by atoms with Crippen molar-refractivity contribution in [2.75, 3.05) is 6.54 Å². The number of nitrogens with zero attached hydrogens (tertiary/aromatic N) is 4. The van der Waals surface area contributed by atoms with Gasteiger partial charge < -0.3 is 10.4 Å². The van der Waals surface area contributed by atoms with E-state index in [0.29, 0.717) is 24.2 Å². The Kier molecular flexibility index (Phi) is 5.08. The molecule has 1 aliphatic carbocycles. The summed E-state index contributed by atoms with van der Waals surface area (Å²) in [6, 6.07) is 5.41. The van der Waals surface area contributed by atoms with Gasteiger partial charge in [-0.1, -0.05) is 25.0 Å². The van der Waals surface area contributed by atoms with Crippen LogP contribution in [0.15, 0.2) is 24.3 Å². The summed E-state index contributed by atoms with van der Waals surface area (Å²) in [4.78, 5) is 12.7. The normalized spacial score (nSPS) is 17.4. The quantitative estimate of drug-likeness (QED) is 0.822. The number of aromatic nitrogens is 4. The average Bonchev–Trinajstić information content (AvgIpc) is 3.20. The van der Waals surface area contributed by atoms with E-state index in [2.05, 4.69) is 20.8 Å². The van der Waals surface area contributed by atoms with Crippen molar-refractivity contribution < 1.29 is 14.3 Å². The number of aryl methyl sites for hydroxylation is 1. The van der Waals surface area contributed by atoms with E-state index in [9.17, 15) is 14.3 Å². The number of carbonyl (C=O) groups excluding carboxylic acids is 1.